The fourth-order valence-corrected chi connectivity index (χ4v) is 6.23. The summed E-state index contributed by atoms with van der Waals surface area (Å²) < 4.78 is 27.5. The highest BCUT2D eigenvalue weighted by Crippen LogP contribution is 2.36. The number of anilines is 1. The monoisotopic (exact) mass is 462 g/mol. The van der Waals surface area contributed by atoms with Crippen molar-refractivity contribution < 1.29 is 13.2 Å². The molecular formula is C20H19ClN4O3S2. The van der Waals surface area contributed by atoms with Gasteiger partial charge < -0.3 is 5.32 Å². The lowest BCUT2D eigenvalue weighted by atomic mass is 10.2. The number of hydrogen-bond donors (Lipinski definition) is 1. The first-order valence-electron chi connectivity index (χ1n) is 9.36. The highest BCUT2D eigenvalue weighted by atomic mass is 35.5. The van der Waals surface area contributed by atoms with E-state index in [-0.39, 0.29) is 10.8 Å². The minimum atomic E-state index is -3.51. The number of aromatic nitrogens is 2. The number of sulfonamides is 1. The third-order valence-corrected chi connectivity index (χ3v) is 7.90. The molecule has 0 spiro atoms. The van der Waals surface area contributed by atoms with Gasteiger partial charge in [-0.15, -0.1) is 10.2 Å². The van der Waals surface area contributed by atoms with Gasteiger partial charge in [-0.25, -0.2) is 8.42 Å². The van der Waals surface area contributed by atoms with Gasteiger partial charge in [0.1, 0.15) is 5.01 Å². The molecule has 1 fully saturated rings. The topological polar surface area (TPSA) is 92.3 Å². The van der Waals surface area contributed by atoms with Crippen molar-refractivity contribution in [1.82, 2.24) is 14.5 Å². The van der Waals surface area contributed by atoms with Crippen molar-refractivity contribution in [2.24, 2.45) is 0 Å². The van der Waals surface area contributed by atoms with Crippen molar-refractivity contribution in [3.05, 3.63) is 75.2 Å². The molecule has 4 rings (SSSR count). The standard InChI is InChI=1S/C20H19ClN4O3S2/c21-15-8-10-16(11-9-15)22-18(26)20-24-23-19(29-20)17-7-4-12-25(17)30(27,28)13-14-5-2-1-3-6-14/h1-3,5-6,8-11,17H,4,7,12-13H2,(H,22,26)/t17-/m1/s1. The van der Waals surface area contributed by atoms with Crippen LogP contribution in [-0.2, 0) is 15.8 Å². The minimum Gasteiger partial charge on any atom is -0.320 e. The van der Waals surface area contributed by atoms with Crippen LogP contribution in [0.4, 0.5) is 5.69 Å². The lowest BCUT2D eigenvalue weighted by Gasteiger charge is -2.22. The maximum Gasteiger partial charge on any atom is 0.286 e. The minimum absolute atomic E-state index is 0.0624. The molecule has 2 heterocycles. The number of rotatable bonds is 6. The molecule has 0 bridgehead atoms. The van der Waals surface area contributed by atoms with Gasteiger partial charge in [0.05, 0.1) is 11.8 Å². The zero-order chi connectivity index (χ0) is 21.1. The Hall–Kier alpha value is -2.33. The third kappa shape index (κ3) is 4.70. The first-order chi connectivity index (χ1) is 14.4. The van der Waals surface area contributed by atoms with Crippen LogP contribution in [0.3, 0.4) is 0 Å². The largest absolute Gasteiger partial charge is 0.320 e. The van der Waals surface area contributed by atoms with Gasteiger partial charge in [-0.2, -0.15) is 4.31 Å². The van der Waals surface area contributed by atoms with Crippen LogP contribution >= 0.6 is 22.9 Å². The van der Waals surface area contributed by atoms with Crippen molar-refractivity contribution in [3.8, 4) is 0 Å². The van der Waals surface area contributed by atoms with E-state index in [4.69, 9.17) is 11.6 Å². The number of nitrogens with one attached hydrogen (secondary N) is 1. The molecule has 1 saturated heterocycles. The van der Waals surface area contributed by atoms with E-state index < -0.39 is 22.0 Å². The van der Waals surface area contributed by atoms with E-state index in [0.717, 1.165) is 23.3 Å². The van der Waals surface area contributed by atoms with Gasteiger partial charge in [-0.1, -0.05) is 53.3 Å². The maximum atomic E-state index is 13.0. The fraction of sp³-hybridized carbons (Fsp3) is 0.250. The van der Waals surface area contributed by atoms with Crippen LogP contribution in [0.15, 0.2) is 54.6 Å². The highest BCUT2D eigenvalue weighted by molar-refractivity contribution is 7.88. The average Bonchev–Trinajstić information content (AvgIpc) is 3.40. The summed E-state index contributed by atoms with van der Waals surface area (Å²) in [6, 6.07) is 15.4. The molecule has 7 nitrogen and oxygen atoms in total. The maximum absolute atomic E-state index is 13.0. The van der Waals surface area contributed by atoms with Crippen LogP contribution in [0.5, 0.6) is 0 Å². The normalized spacial score (nSPS) is 17.2. The lowest BCUT2D eigenvalue weighted by Crippen LogP contribution is -2.31. The second-order valence-corrected chi connectivity index (χ2v) is 10.3. The predicted molar refractivity (Wildman–Crippen MR) is 117 cm³/mol. The first kappa shape index (κ1) is 20.9. The predicted octanol–water partition coefficient (Wildman–Crippen LogP) is 4.11. The molecule has 10 heteroatoms. The van der Waals surface area contributed by atoms with Crippen molar-refractivity contribution in [2.75, 3.05) is 11.9 Å². The Balaban J connectivity index is 1.49. The molecule has 1 aromatic heterocycles. The van der Waals surface area contributed by atoms with Crippen LogP contribution in [0.2, 0.25) is 5.02 Å². The van der Waals surface area contributed by atoms with Crippen molar-refractivity contribution in [1.29, 1.82) is 0 Å². The van der Waals surface area contributed by atoms with Gasteiger partial charge in [0.25, 0.3) is 5.91 Å². The molecule has 0 saturated carbocycles. The van der Waals surface area contributed by atoms with E-state index >= 15 is 0 Å². The molecule has 2 aromatic carbocycles. The number of carbonyl (C=O) groups excluding carboxylic acids is 1. The van der Waals surface area contributed by atoms with E-state index in [2.05, 4.69) is 15.5 Å². The summed E-state index contributed by atoms with van der Waals surface area (Å²) in [6.45, 7) is 0.436. The molecule has 0 radical (unpaired) electrons. The summed E-state index contributed by atoms with van der Waals surface area (Å²) in [5, 5.41) is 12.1. The molecule has 1 atom stereocenters. The van der Waals surface area contributed by atoms with Crippen LogP contribution in [0.1, 0.15) is 39.3 Å². The van der Waals surface area contributed by atoms with Crippen molar-refractivity contribution >= 4 is 44.6 Å². The van der Waals surface area contributed by atoms with Crippen LogP contribution in [-0.4, -0.2) is 35.4 Å². The fourth-order valence-electron chi connectivity index (χ4n) is 3.37. The Labute approximate surface area is 183 Å². The van der Waals surface area contributed by atoms with Crippen LogP contribution < -0.4 is 5.32 Å². The van der Waals surface area contributed by atoms with Gasteiger partial charge in [0, 0.05) is 17.3 Å². The molecule has 1 N–H and O–H groups in total. The van der Waals surface area contributed by atoms with E-state index in [1.165, 1.54) is 4.31 Å². The number of hydrogen-bond acceptors (Lipinski definition) is 6. The Morgan fingerprint density at radius 1 is 1.13 bits per heavy atom. The molecule has 0 unspecified atom stereocenters. The summed E-state index contributed by atoms with van der Waals surface area (Å²) in [7, 11) is -3.51. The smallest absolute Gasteiger partial charge is 0.286 e. The summed E-state index contributed by atoms with van der Waals surface area (Å²) >= 11 is 6.98. The van der Waals surface area contributed by atoms with Crippen molar-refractivity contribution in [3.63, 3.8) is 0 Å². The van der Waals surface area contributed by atoms with Gasteiger partial charge in [-0.3, -0.25) is 4.79 Å². The van der Waals surface area contributed by atoms with Crippen LogP contribution in [0.25, 0.3) is 0 Å². The Morgan fingerprint density at radius 2 is 1.87 bits per heavy atom. The molecule has 30 heavy (non-hydrogen) atoms. The highest BCUT2D eigenvalue weighted by Gasteiger charge is 2.37. The Kier molecular flexibility index (Phi) is 6.14. The third-order valence-electron chi connectivity index (χ3n) is 4.77. The van der Waals surface area contributed by atoms with Gasteiger partial charge in [0.2, 0.25) is 15.0 Å². The van der Waals surface area contributed by atoms with Crippen LogP contribution in [0, 0.1) is 0 Å². The Bertz CT molecular complexity index is 1130. The summed E-state index contributed by atoms with van der Waals surface area (Å²) in [6.07, 6.45) is 1.39. The summed E-state index contributed by atoms with van der Waals surface area (Å²) in [5.74, 6) is -0.453. The van der Waals surface area contributed by atoms with Crippen molar-refractivity contribution in [2.45, 2.75) is 24.6 Å². The Morgan fingerprint density at radius 3 is 2.60 bits per heavy atom. The van der Waals surface area contributed by atoms with E-state index in [1.807, 2.05) is 18.2 Å². The molecule has 1 aliphatic rings. The molecule has 3 aromatic rings. The quantitative estimate of drug-likeness (QED) is 0.595. The second-order valence-electron chi connectivity index (χ2n) is 6.92. The zero-order valence-electron chi connectivity index (χ0n) is 15.9. The van der Waals surface area contributed by atoms with E-state index in [1.54, 1.807) is 36.4 Å². The SMILES string of the molecule is O=C(Nc1ccc(Cl)cc1)c1nnc([C@H]2CCCN2S(=O)(=O)Cc2ccccc2)s1. The lowest BCUT2D eigenvalue weighted by molar-refractivity contribution is 0.102. The number of carbonyl (C=O) groups is 1. The molecule has 1 aliphatic heterocycles. The summed E-state index contributed by atoms with van der Waals surface area (Å²) in [4.78, 5) is 12.5. The number of amides is 1. The molecular weight excluding hydrogens is 444 g/mol. The van der Waals surface area contributed by atoms with Gasteiger partial charge in [-0.05, 0) is 42.7 Å². The molecule has 0 aliphatic carbocycles. The van der Waals surface area contributed by atoms with E-state index in [0.29, 0.717) is 28.7 Å². The van der Waals surface area contributed by atoms with E-state index in [9.17, 15) is 13.2 Å². The number of halogens is 1. The first-order valence-corrected chi connectivity index (χ1v) is 12.2. The van der Waals surface area contributed by atoms with Gasteiger partial charge in [0.15, 0.2) is 0 Å². The van der Waals surface area contributed by atoms with Gasteiger partial charge >= 0.3 is 0 Å². The zero-order valence-corrected chi connectivity index (χ0v) is 18.3. The number of benzene rings is 2. The second kappa shape index (κ2) is 8.81. The molecule has 156 valence electrons. The summed E-state index contributed by atoms with van der Waals surface area (Å²) in [5.41, 5.74) is 1.33. The number of nitrogens with zero attached hydrogens (tertiary/aromatic N) is 3. The molecule has 1 amide bonds. The average molecular weight is 463 g/mol.